The lowest BCUT2D eigenvalue weighted by molar-refractivity contribution is -0.139. The monoisotopic (exact) mass is 392 g/mol. The van der Waals surface area contributed by atoms with Gasteiger partial charge in [0.25, 0.3) is 0 Å². The van der Waals surface area contributed by atoms with Crippen LogP contribution in [0.15, 0.2) is 0 Å². The number of nitrogens with one attached hydrogen (secondary N) is 1. The maximum absolute atomic E-state index is 12.8. The fourth-order valence-electron chi connectivity index (χ4n) is 2.21. The first kappa shape index (κ1) is 25.0. The lowest BCUT2D eigenvalue weighted by atomic mass is 9.64. The van der Waals surface area contributed by atoms with Crippen molar-refractivity contribution in [3.05, 3.63) is 0 Å². The van der Waals surface area contributed by atoms with Crippen molar-refractivity contribution < 1.29 is 23.1 Å². The normalized spacial score (nSPS) is 15.8. The van der Waals surface area contributed by atoms with Gasteiger partial charge >= 0.3 is 0 Å². The number of Topliss-reactive ketones (excluding diaryl/α,β-unsaturated/α-hetero) is 1. The van der Waals surface area contributed by atoms with Gasteiger partial charge in [-0.05, 0) is 12.3 Å². The predicted molar refractivity (Wildman–Crippen MR) is 103 cm³/mol. The molecule has 7 nitrogen and oxygen atoms in total. The summed E-state index contributed by atoms with van der Waals surface area (Å²) in [6, 6.07) is -0.637. The van der Waals surface area contributed by atoms with Crippen molar-refractivity contribution in [3.8, 4) is 0 Å². The number of nitrogens with zero attached hydrogens (tertiary/aromatic N) is 1. The molecular formula is C18H36N2O5S. The molecular weight excluding hydrogens is 356 g/mol. The fourth-order valence-corrected chi connectivity index (χ4v) is 2.63. The predicted octanol–water partition coefficient (Wildman–Crippen LogP) is 1.41. The van der Waals surface area contributed by atoms with Gasteiger partial charge in [0.1, 0.15) is 5.78 Å². The zero-order valence-corrected chi connectivity index (χ0v) is 18.4. The van der Waals surface area contributed by atoms with Crippen LogP contribution in [0, 0.1) is 16.7 Å². The molecule has 0 fully saturated rings. The van der Waals surface area contributed by atoms with Crippen molar-refractivity contribution in [1.29, 1.82) is 0 Å². The minimum atomic E-state index is -3.41. The van der Waals surface area contributed by atoms with Crippen molar-refractivity contribution in [1.82, 2.24) is 9.62 Å². The Kier molecular flexibility index (Phi) is 8.46. The Hall–Kier alpha value is -0.990. The second kappa shape index (κ2) is 8.80. The summed E-state index contributed by atoms with van der Waals surface area (Å²) >= 11 is 0. The molecule has 0 saturated heterocycles. The average molecular weight is 393 g/mol. The number of amides is 1. The van der Waals surface area contributed by atoms with Crippen molar-refractivity contribution >= 4 is 21.7 Å². The number of carbonyl (C=O) groups is 2. The van der Waals surface area contributed by atoms with E-state index in [1.165, 1.54) is 7.05 Å². The number of hydrogen-bond donors (Lipinski definition) is 2. The summed E-state index contributed by atoms with van der Waals surface area (Å²) in [5, 5.41) is 13.0. The molecule has 2 N–H and O–H groups in total. The zero-order valence-electron chi connectivity index (χ0n) is 17.6. The molecule has 8 heteroatoms. The average Bonchev–Trinajstić information content (AvgIpc) is 2.44. The number of ketones is 1. The van der Waals surface area contributed by atoms with Crippen molar-refractivity contribution in [2.45, 2.75) is 67.0 Å². The highest BCUT2D eigenvalue weighted by atomic mass is 32.2. The SMILES string of the molecule is CC(C)C(=O)CC(C)(C)C(C)(C)C(=O)NC(C)C(O)CN(C)S(C)(=O)=O. The number of likely N-dealkylation sites (N-methyl/N-ethyl adjacent to an activating group) is 1. The molecule has 154 valence electrons. The molecule has 0 aliphatic heterocycles. The topological polar surface area (TPSA) is 104 Å². The van der Waals surface area contributed by atoms with E-state index in [2.05, 4.69) is 5.32 Å². The first-order chi connectivity index (χ1) is 11.4. The second-order valence-corrected chi connectivity index (χ2v) is 10.8. The molecule has 0 aromatic rings. The van der Waals surface area contributed by atoms with Crippen LogP contribution < -0.4 is 5.32 Å². The van der Waals surface area contributed by atoms with Crippen LogP contribution in [0.4, 0.5) is 0 Å². The molecule has 26 heavy (non-hydrogen) atoms. The lowest BCUT2D eigenvalue weighted by Crippen LogP contribution is -2.53. The number of carbonyl (C=O) groups excluding carboxylic acids is 2. The molecule has 0 aliphatic carbocycles. The van der Waals surface area contributed by atoms with Gasteiger partial charge in [-0.25, -0.2) is 12.7 Å². The van der Waals surface area contributed by atoms with Gasteiger partial charge in [0.2, 0.25) is 15.9 Å². The van der Waals surface area contributed by atoms with Crippen molar-refractivity contribution in [2.75, 3.05) is 19.8 Å². The van der Waals surface area contributed by atoms with E-state index in [-0.39, 0.29) is 30.6 Å². The zero-order chi connectivity index (χ0) is 21.1. The molecule has 0 rings (SSSR count). The largest absolute Gasteiger partial charge is 0.390 e. The minimum Gasteiger partial charge on any atom is -0.390 e. The third kappa shape index (κ3) is 6.63. The molecule has 0 saturated carbocycles. The van der Waals surface area contributed by atoms with E-state index in [9.17, 15) is 23.1 Å². The lowest BCUT2D eigenvalue weighted by Gasteiger charge is -2.41. The second-order valence-electron chi connectivity index (χ2n) is 8.68. The molecule has 2 unspecified atom stereocenters. The van der Waals surface area contributed by atoms with Crippen LogP contribution in [0.1, 0.15) is 54.9 Å². The minimum absolute atomic E-state index is 0.0961. The Labute approximate surface area is 158 Å². The number of sulfonamides is 1. The van der Waals surface area contributed by atoms with Gasteiger partial charge in [0.15, 0.2) is 0 Å². The molecule has 1 amide bonds. The summed E-state index contributed by atoms with van der Waals surface area (Å²) in [5.41, 5.74) is -1.43. The molecule has 0 heterocycles. The molecule has 0 aliphatic rings. The van der Waals surface area contributed by atoms with Crippen LogP contribution in [0.3, 0.4) is 0 Å². The summed E-state index contributed by atoms with van der Waals surface area (Å²) in [6.07, 6.45) is 0.286. The Bertz CT molecular complexity index is 611. The standard InChI is InChI=1S/C18H36N2O5S/c1-12(2)14(21)10-17(4,5)18(6,7)16(23)19-13(3)15(22)11-20(8)26(9,24)25/h12-13,15,22H,10-11H2,1-9H3,(H,19,23). The van der Waals surface area contributed by atoms with Gasteiger partial charge in [0, 0.05) is 31.3 Å². The first-order valence-corrected chi connectivity index (χ1v) is 10.7. The number of rotatable bonds is 10. The molecule has 2 atom stereocenters. The first-order valence-electron chi connectivity index (χ1n) is 8.86. The summed E-state index contributed by atoms with van der Waals surface area (Å²) in [4.78, 5) is 24.9. The van der Waals surface area contributed by atoms with Crippen LogP contribution in [-0.4, -0.2) is 61.5 Å². The van der Waals surface area contributed by atoms with Gasteiger partial charge in [-0.15, -0.1) is 0 Å². The summed E-state index contributed by atoms with van der Waals surface area (Å²) in [5.74, 6) is -0.285. The van der Waals surface area contributed by atoms with Gasteiger partial charge < -0.3 is 10.4 Å². The number of aliphatic hydroxyl groups excluding tert-OH is 1. The third-order valence-electron chi connectivity index (χ3n) is 5.47. The summed E-state index contributed by atoms with van der Waals surface area (Å²) in [7, 11) is -2.04. The highest BCUT2D eigenvalue weighted by Crippen LogP contribution is 2.42. The smallest absolute Gasteiger partial charge is 0.226 e. The van der Waals surface area contributed by atoms with Crippen LogP contribution in [0.2, 0.25) is 0 Å². The summed E-state index contributed by atoms with van der Waals surface area (Å²) in [6.45, 7) is 12.5. The molecule has 0 radical (unpaired) electrons. The van der Waals surface area contributed by atoms with E-state index >= 15 is 0 Å². The quantitative estimate of drug-likeness (QED) is 0.585. The molecule has 0 aromatic carbocycles. The highest BCUT2D eigenvalue weighted by molar-refractivity contribution is 7.88. The van der Waals surface area contributed by atoms with Crippen LogP contribution >= 0.6 is 0 Å². The van der Waals surface area contributed by atoms with Crippen molar-refractivity contribution in [2.24, 2.45) is 16.7 Å². The molecule has 0 aromatic heterocycles. The number of aliphatic hydroxyl groups is 1. The summed E-state index contributed by atoms with van der Waals surface area (Å²) < 4.78 is 23.9. The van der Waals surface area contributed by atoms with E-state index in [4.69, 9.17) is 0 Å². The van der Waals surface area contributed by atoms with E-state index in [0.717, 1.165) is 10.6 Å². The Morgan fingerprint density at radius 3 is 1.96 bits per heavy atom. The Balaban J connectivity index is 5.08. The number of hydrogen-bond acceptors (Lipinski definition) is 5. The highest BCUT2D eigenvalue weighted by Gasteiger charge is 2.45. The van der Waals surface area contributed by atoms with Gasteiger partial charge in [-0.2, -0.15) is 0 Å². The Morgan fingerprint density at radius 2 is 1.58 bits per heavy atom. The van der Waals surface area contributed by atoms with Gasteiger partial charge in [-0.1, -0.05) is 41.5 Å². The third-order valence-corrected chi connectivity index (χ3v) is 6.75. The molecule has 0 spiro atoms. The van der Waals surface area contributed by atoms with Gasteiger partial charge in [-0.3, -0.25) is 9.59 Å². The van der Waals surface area contributed by atoms with Crippen LogP contribution in [0.25, 0.3) is 0 Å². The van der Waals surface area contributed by atoms with E-state index < -0.39 is 33.0 Å². The van der Waals surface area contributed by atoms with E-state index in [0.29, 0.717) is 0 Å². The van der Waals surface area contributed by atoms with Gasteiger partial charge in [0.05, 0.1) is 18.4 Å². The fraction of sp³-hybridized carbons (Fsp3) is 0.889. The molecule has 0 bridgehead atoms. The maximum atomic E-state index is 12.8. The Morgan fingerprint density at radius 1 is 1.12 bits per heavy atom. The maximum Gasteiger partial charge on any atom is 0.226 e. The van der Waals surface area contributed by atoms with Crippen LogP contribution in [0.5, 0.6) is 0 Å². The van der Waals surface area contributed by atoms with Crippen molar-refractivity contribution in [3.63, 3.8) is 0 Å². The van der Waals surface area contributed by atoms with Crippen LogP contribution in [-0.2, 0) is 19.6 Å². The van der Waals surface area contributed by atoms with E-state index in [1.807, 2.05) is 27.7 Å². The van der Waals surface area contributed by atoms with E-state index in [1.54, 1.807) is 20.8 Å².